The molecule has 0 spiro atoms. The SMILES string of the molecule is CCCCOC(=O)CN1CCN(C)C1. The molecule has 0 bridgehead atoms. The second-order valence-electron chi connectivity index (χ2n) is 3.85. The fourth-order valence-electron chi connectivity index (χ4n) is 1.48. The van der Waals surface area contributed by atoms with Gasteiger partial charge in [-0.3, -0.25) is 14.6 Å². The van der Waals surface area contributed by atoms with Crippen LogP contribution >= 0.6 is 0 Å². The first-order valence-electron chi connectivity index (χ1n) is 5.29. The van der Waals surface area contributed by atoms with Crippen LogP contribution in [0.3, 0.4) is 0 Å². The van der Waals surface area contributed by atoms with Crippen LogP contribution < -0.4 is 0 Å². The number of unbranched alkanes of at least 4 members (excludes halogenated alkanes) is 1. The van der Waals surface area contributed by atoms with Gasteiger partial charge in [-0.1, -0.05) is 13.3 Å². The minimum Gasteiger partial charge on any atom is -0.465 e. The zero-order chi connectivity index (χ0) is 10.4. The van der Waals surface area contributed by atoms with Crippen LogP contribution in [-0.2, 0) is 9.53 Å². The quantitative estimate of drug-likeness (QED) is 0.479. The van der Waals surface area contributed by atoms with E-state index in [-0.39, 0.29) is 5.97 Å². The van der Waals surface area contributed by atoms with E-state index in [1.807, 2.05) is 0 Å². The van der Waals surface area contributed by atoms with Crippen molar-refractivity contribution in [1.29, 1.82) is 0 Å². The van der Waals surface area contributed by atoms with Crippen molar-refractivity contribution in [1.82, 2.24) is 9.80 Å². The van der Waals surface area contributed by atoms with E-state index < -0.39 is 0 Å². The van der Waals surface area contributed by atoms with Crippen molar-refractivity contribution < 1.29 is 9.53 Å². The van der Waals surface area contributed by atoms with Crippen molar-refractivity contribution in [2.75, 3.05) is 40.0 Å². The second kappa shape index (κ2) is 5.98. The van der Waals surface area contributed by atoms with Gasteiger partial charge < -0.3 is 4.74 Å². The zero-order valence-electron chi connectivity index (χ0n) is 9.16. The lowest BCUT2D eigenvalue weighted by molar-refractivity contribution is -0.144. The minimum atomic E-state index is -0.0891. The van der Waals surface area contributed by atoms with Gasteiger partial charge in [0.15, 0.2) is 0 Å². The van der Waals surface area contributed by atoms with Crippen LogP contribution in [0.4, 0.5) is 0 Å². The van der Waals surface area contributed by atoms with Crippen LogP contribution in [0, 0.1) is 0 Å². The van der Waals surface area contributed by atoms with Crippen LogP contribution in [0.15, 0.2) is 0 Å². The maximum atomic E-state index is 11.3. The molecule has 0 N–H and O–H groups in total. The Labute approximate surface area is 85.8 Å². The average Bonchev–Trinajstić information content (AvgIpc) is 2.52. The van der Waals surface area contributed by atoms with Crippen LogP contribution in [-0.4, -0.2) is 55.7 Å². The third kappa shape index (κ3) is 4.07. The Morgan fingerprint density at radius 2 is 2.21 bits per heavy atom. The molecule has 0 aromatic rings. The molecule has 1 aliphatic rings. The third-order valence-corrected chi connectivity index (χ3v) is 2.35. The lowest BCUT2D eigenvalue weighted by Crippen LogP contribution is -2.30. The summed E-state index contributed by atoms with van der Waals surface area (Å²) < 4.78 is 5.08. The molecule has 1 aliphatic heterocycles. The van der Waals surface area contributed by atoms with E-state index in [0.717, 1.165) is 32.6 Å². The van der Waals surface area contributed by atoms with Gasteiger partial charge in [-0.2, -0.15) is 0 Å². The summed E-state index contributed by atoms with van der Waals surface area (Å²) in [6, 6.07) is 0. The van der Waals surface area contributed by atoms with Crippen LogP contribution in [0.1, 0.15) is 19.8 Å². The Kier molecular flexibility index (Phi) is 4.90. The molecular weight excluding hydrogens is 180 g/mol. The Morgan fingerprint density at radius 3 is 2.79 bits per heavy atom. The molecule has 14 heavy (non-hydrogen) atoms. The number of ether oxygens (including phenoxy) is 1. The summed E-state index contributed by atoms with van der Waals surface area (Å²) in [5, 5.41) is 0. The van der Waals surface area contributed by atoms with Gasteiger partial charge in [0.05, 0.1) is 19.8 Å². The summed E-state index contributed by atoms with van der Waals surface area (Å²) in [6.07, 6.45) is 2.03. The van der Waals surface area contributed by atoms with E-state index in [1.54, 1.807) is 0 Å². The van der Waals surface area contributed by atoms with Gasteiger partial charge in [-0.05, 0) is 13.5 Å². The van der Waals surface area contributed by atoms with Gasteiger partial charge >= 0.3 is 5.97 Å². The van der Waals surface area contributed by atoms with Gasteiger partial charge in [0.2, 0.25) is 0 Å². The maximum absolute atomic E-state index is 11.3. The molecule has 1 rings (SSSR count). The van der Waals surface area contributed by atoms with Crippen LogP contribution in [0.5, 0.6) is 0 Å². The van der Waals surface area contributed by atoms with Gasteiger partial charge in [0.25, 0.3) is 0 Å². The Balaban J connectivity index is 2.08. The Bertz CT molecular complexity index is 185. The average molecular weight is 200 g/mol. The number of carbonyl (C=O) groups excluding carboxylic acids is 1. The lowest BCUT2D eigenvalue weighted by atomic mass is 10.4. The topological polar surface area (TPSA) is 32.8 Å². The summed E-state index contributed by atoms with van der Waals surface area (Å²) in [5.74, 6) is -0.0891. The molecule has 0 unspecified atom stereocenters. The lowest BCUT2D eigenvalue weighted by Gasteiger charge is -2.14. The molecule has 1 heterocycles. The summed E-state index contributed by atoms with van der Waals surface area (Å²) in [4.78, 5) is 15.6. The summed E-state index contributed by atoms with van der Waals surface area (Å²) in [5.41, 5.74) is 0. The predicted molar refractivity (Wildman–Crippen MR) is 54.9 cm³/mol. The number of likely N-dealkylation sites (N-methyl/N-ethyl adjacent to an activating group) is 1. The molecule has 4 heteroatoms. The Morgan fingerprint density at radius 1 is 1.43 bits per heavy atom. The summed E-state index contributed by atoms with van der Waals surface area (Å²) in [6.45, 7) is 5.99. The molecule has 0 aromatic heterocycles. The highest BCUT2D eigenvalue weighted by Crippen LogP contribution is 2.01. The summed E-state index contributed by atoms with van der Waals surface area (Å²) in [7, 11) is 2.06. The predicted octanol–water partition coefficient (Wildman–Crippen LogP) is 0.535. The first-order chi connectivity index (χ1) is 6.72. The van der Waals surface area contributed by atoms with Crippen molar-refractivity contribution in [3.05, 3.63) is 0 Å². The van der Waals surface area contributed by atoms with E-state index in [2.05, 4.69) is 23.8 Å². The van der Waals surface area contributed by atoms with Crippen molar-refractivity contribution in [3.8, 4) is 0 Å². The second-order valence-corrected chi connectivity index (χ2v) is 3.85. The maximum Gasteiger partial charge on any atom is 0.320 e. The number of hydrogen-bond donors (Lipinski definition) is 0. The highest BCUT2D eigenvalue weighted by molar-refractivity contribution is 5.71. The van der Waals surface area contributed by atoms with Crippen molar-refractivity contribution in [2.45, 2.75) is 19.8 Å². The number of hydrogen-bond acceptors (Lipinski definition) is 4. The molecule has 0 aromatic carbocycles. The van der Waals surface area contributed by atoms with E-state index in [4.69, 9.17) is 4.74 Å². The van der Waals surface area contributed by atoms with E-state index in [0.29, 0.717) is 13.2 Å². The first-order valence-corrected chi connectivity index (χ1v) is 5.29. The largest absolute Gasteiger partial charge is 0.465 e. The smallest absolute Gasteiger partial charge is 0.320 e. The monoisotopic (exact) mass is 200 g/mol. The number of carbonyl (C=O) groups is 1. The van der Waals surface area contributed by atoms with E-state index in [9.17, 15) is 4.79 Å². The van der Waals surface area contributed by atoms with Gasteiger partial charge in [0, 0.05) is 13.1 Å². The van der Waals surface area contributed by atoms with Crippen molar-refractivity contribution in [3.63, 3.8) is 0 Å². The number of esters is 1. The number of nitrogens with zero attached hydrogens (tertiary/aromatic N) is 2. The molecule has 1 fully saturated rings. The number of rotatable bonds is 5. The van der Waals surface area contributed by atoms with Crippen LogP contribution in [0.25, 0.3) is 0 Å². The van der Waals surface area contributed by atoms with E-state index in [1.165, 1.54) is 0 Å². The molecule has 0 saturated carbocycles. The molecule has 0 radical (unpaired) electrons. The molecule has 4 nitrogen and oxygen atoms in total. The normalized spacial score (nSPS) is 18.7. The molecular formula is C10H20N2O2. The van der Waals surface area contributed by atoms with Crippen LogP contribution in [0.2, 0.25) is 0 Å². The van der Waals surface area contributed by atoms with Gasteiger partial charge in [0.1, 0.15) is 0 Å². The fraction of sp³-hybridized carbons (Fsp3) is 0.900. The highest BCUT2D eigenvalue weighted by atomic mass is 16.5. The minimum absolute atomic E-state index is 0.0891. The zero-order valence-corrected chi connectivity index (χ0v) is 9.16. The highest BCUT2D eigenvalue weighted by Gasteiger charge is 2.19. The molecule has 0 aliphatic carbocycles. The molecule has 0 amide bonds. The van der Waals surface area contributed by atoms with Gasteiger partial charge in [-0.25, -0.2) is 0 Å². The van der Waals surface area contributed by atoms with E-state index >= 15 is 0 Å². The first kappa shape index (κ1) is 11.5. The third-order valence-electron chi connectivity index (χ3n) is 2.35. The Hall–Kier alpha value is -0.610. The standard InChI is InChI=1S/C10H20N2O2/c1-3-4-7-14-10(13)8-12-6-5-11(2)9-12/h3-9H2,1-2H3. The molecule has 1 saturated heterocycles. The molecule has 0 atom stereocenters. The van der Waals surface area contributed by atoms with Gasteiger partial charge in [-0.15, -0.1) is 0 Å². The summed E-state index contributed by atoms with van der Waals surface area (Å²) >= 11 is 0. The molecule has 82 valence electrons. The van der Waals surface area contributed by atoms with Crippen molar-refractivity contribution >= 4 is 5.97 Å². The van der Waals surface area contributed by atoms with Crippen molar-refractivity contribution in [2.24, 2.45) is 0 Å². The fourth-order valence-corrected chi connectivity index (χ4v) is 1.48.